The van der Waals surface area contributed by atoms with Crippen molar-refractivity contribution in [2.75, 3.05) is 0 Å². The highest BCUT2D eigenvalue weighted by atomic mass is 28.3. The molecule has 474 valence electrons. The van der Waals surface area contributed by atoms with Crippen LogP contribution < -0.4 is 20.7 Å². The first-order valence-corrected chi connectivity index (χ1v) is 35.7. The van der Waals surface area contributed by atoms with E-state index in [1.165, 1.54) is 53.4 Å². The molecule has 4 heterocycles. The number of nitriles is 1. The molecule has 14 aromatic carbocycles. The van der Waals surface area contributed by atoms with Crippen LogP contribution in [0, 0.1) is 11.3 Å². The van der Waals surface area contributed by atoms with Gasteiger partial charge in [-0.1, -0.05) is 279 Å². The van der Waals surface area contributed by atoms with Gasteiger partial charge in [0.15, 0.2) is 43.0 Å². The Kier molecular flexibility index (Phi) is 16.2. The lowest BCUT2D eigenvalue weighted by atomic mass is 10.0. The zero-order chi connectivity index (χ0) is 67.5. The van der Waals surface area contributed by atoms with Gasteiger partial charge >= 0.3 is 0 Å². The number of hydrogen-bond acceptors (Lipinski definition) is 7. The number of aromatic nitrogens is 8. The first-order chi connectivity index (χ1) is 50.0. The Morgan fingerprint density at radius 1 is 0.218 bits per heavy atom. The van der Waals surface area contributed by atoms with Crippen LogP contribution in [0.15, 0.2) is 370 Å². The van der Waals surface area contributed by atoms with Crippen molar-refractivity contribution in [1.29, 1.82) is 5.26 Å². The van der Waals surface area contributed by atoms with Crippen LogP contribution in [0.25, 0.3) is 134 Å². The number of para-hydroxylation sites is 3. The number of rotatable bonds is 13. The van der Waals surface area contributed by atoms with Crippen LogP contribution in [0.2, 0.25) is 0 Å². The van der Waals surface area contributed by atoms with Crippen molar-refractivity contribution in [3.05, 3.63) is 376 Å². The highest BCUT2D eigenvalue weighted by Gasteiger charge is 2.41. The van der Waals surface area contributed by atoms with Gasteiger partial charge in [-0.3, -0.25) is 0 Å². The van der Waals surface area contributed by atoms with E-state index in [0.717, 1.165) is 66.8 Å². The molecule has 18 aromatic rings. The Morgan fingerprint density at radius 2 is 0.505 bits per heavy atom. The number of hydrogen-bond donors (Lipinski definition) is 0. The molecule has 10 heteroatoms. The monoisotopic (exact) mass is 1310 g/mol. The molecule has 0 atom stereocenters. The summed E-state index contributed by atoms with van der Waals surface area (Å²) in [6, 6.07) is 132. The van der Waals surface area contributed by atoms with E-state index >= 15 is 0 Å². The zero-order valence-corrected chi connectivity index (χ0v) is 55.7. The minimum Gasteiger partial charge on any atom is -0.309 e. The molecule has 0 fully saturated rings. The van der Waals surface area contributed by atoms with E-state index in [0.29, 0.717) is 40.5 Å². The van der Waals surface area contributed by atoms with Gasteiger partial charge in [0.25, 0.3) is 0 Å². The van der Waals surface area contributed by atoms with Crippen LogP contribution in [0.1, 0.15) is 5.56 Å². The molecule has 0 saturated heterocycles. The Bertz CT molecular complexity index is 5840. The van der Waals surface area contributed by atoms with Gasteiger partial charge in [0.05, 0.1) is 33.7 Å². The summed E-state index contributed by atoms with van der Waals surface area (Å²) >= 11 is 0. The molecule has 0 bridgehead atoms. The predicted molar refractivity (Wildman–Crippen MR) is 415 cm³/mol. The highest BCUT2D eigenvalue weighted by Crippen LogP contribution is 2.37. The third kappa shape index (κ3) is 11.6. The summed E-state index contributed by atoms with van der Waals surface area (Å²) in [6.45, 7) is 0. The largest absolute Gasteiger partial charge is 0.309 e. The number of fused-ring (bicyclic) bond motifs is 6. The quantitative estimate of drug-likeness (QED) is 0.0835. The third-order valence-electron chi connectivity index (χ3n) is 18.9. The lowest BCUT2D eigenvalue weighted by Crippen LogP contribution is -2.74. The van der Waals surface area contributed by atoms with E-state index in [-0.39, 0.29) is 0 Å². The van der Waals surface area contributed by atoms with E-state index in [4.69, 9.17) is 29.9 Å². The topological polar surface area (TPSA) is 111 Å². The van der Waals surface area contributed by atoms with E-state index in [2.05, 4.69) is 270 Å². The van der Waals surface area contributed by atoms with E-state index in [1.54, 1.807) is 12.1 Å². The summed E-state index contributed by atoms with van der Waals surface area (Å²) in [6.07, 6.45) is 0. The average Bonchev–Trinajstić information content (AvgIpc) is 1.74. The molecule has 4 aromatic heterocycles. The SMILES string of the molecule is N#Cc1cccc(-c2nc(-c3ccccc3)nc(-c3ccc(-n4c5ccccc5c5ccccc54)cc3)n2)c1.c1ccc(-c2nc(-c3ccccc3)nc(-c3ccc(-n4c5ccccc5c5cc(-c6ccc([Si](c7ccccc7)(c7ccccc7)c7ccccc7)cc6)ccc54)cc3)n2)cc1. The van der Waals surface area contributed by atoms with Gasteiger partial charge in [0.1, 0.15) is 0 Å². The van der Waals surface area contributed by atoms with Crippen molar-refractivity contribution < 1.29 is 0 Å². The first-order valence-electron chi connectivity index (χ1n) is 33.7. The van der Waals surface area contributed by atoms with Crippen LogP contribution in [0.3, 0.4) is 0 Å². The van der Waals surface area contributed by atoms with Crippen molar-refractivity contribution in [3.8, 4) is 96.9 Å². The second kappa shape index (κ2) is 26.8. The van der Waals surface area contributed by atoms with Crippen LogP contribution in [-0.4, -0.2) is 47.1 Å². The normalized spacial score (nSPS) is 11.4. The fraction of sp³-hybridized carbons (Fsp3) is 0. The summed E-state index contributed by atoms with van der Waals surface area (Å²) in [5, 5.41) is 19.8. The fourth-order valence-electron chi connectivity index (χ4n) is 14.1. The Balaban J connectivity index is 0.000000167. The molecule has 0 unspecified atom stereocenters. The van der Waals surface area contributed by atoms with Crippen LogP contribution in [0.5, 0.6) is 0 Å². The fourth-order valence-corrected chi connectivity index (χ4v) is 18.9. The van der Waals surface area contributed by atoms with E-state index in [9.17, 15) is 5.26 Å². The van der Waals surface area contributed by atoms with Crippen molar-refractivity contribution in [2.24, 2.45) is 0 Å². The van der Waals surface area contributed by atoms with Crippen LogP contribution in [0.4, 0.5) is 0 Å². The molecule has 0 radical (unpaired) electrons. The Hall–Kier alpha value is -13.6. The van der Waals surface area contributed by atoms with E-state index < -0.39 is 8.07 Å². The Morgan fingerprint density at radius 3 is 0.891 bits per heavy atom. The summed E-state index contributed by atoms with van der Waals surface area (Å²) in [5.41, 5.74) is 15.1. The van der Waals surface area contributed by atoms with E-state index in [1.807, 2.05) is 103 Å². The first kappa shape index (κ1) is 61.0. The third-order valence-corrected chi connectivity index (χ3v) is 23.7. The summed E-state index contributed by atoms with van der Waals surface area (Å²) in [7, 11) is -2.62. The molecule has 0 spiro atoms. The molecular formula is C91H61N9Si. The molecule has 0 aliphatic carbocycles. The number of nitrogens with zero attached hydrogens (tertiary/aromatic N) is 9. The minimum absolute atomic E-state index is 0.530. The summed E-state index contributed by atoms with van der Waals surface area (Å²) in [5.74, 6) is 3.63. The molecular weight excluding hydrogens is 1250 g/mol. The zero-order valence-electron chi connectivity index (χ0n) is 54.7. The van der Waals surface area contributed by atoms with Gasteiger partial charge in [-0.2, -0.15) is 5.26 Å². The second-order valence-corrected chi connectivity index (χ2v) is 28.7. The van der Waals surface area contributed by atoms with Crippen LogP contribution >= 0.6 is 0 Å². The average molecular weight is 1310 g/mol. The molecule has 0 aliphatic rings. The molecule has 0 amide bonds. The Labute approximate surface area is 585 Å². The smallest absolute Gasteiger partial charge is 0.179 e. The predicted octanol–water partition coefficient (Wildman–Crippen LogP) is 18.9. The molecule has 18 rings (SSSR count). The minimum atomic E-state index is -2.62. The standard InChI is InChI=1S/C57H40N4Si.C34H21N5/c1-6-18-42(19-7-1)55-58-56(43-20-8-2-9-21-43)60-57(59-55)44-30-35-46(36-31-44)61-53-29-17-16-28-51(53)52-40-45(34-39-54(52)61)41-32-37-50(38-33-41)62(47-22-10-3-11-23-47,48-24-12-4-13-25-48)49-26-14-5-15-27-49;35-22-23-9-8-12-26(21-23)34-37-32(24-10-2-1-3-11-24)36-33(38-34)25-17-19-27(20-18-25)39-30-15-6-4-13-28(30)29-14-5-7-16-31(29)39/h1-40H;1-21H. The van der Waals surface area contributed by atoms with Crippen molar-refractivity contribution in [1.82, 2.24) is 39.0 Å². The van der Waals surface area contributed by atoms with Crippen molar-refractivity contribution in [3.63, 3.8) is 0 Å². The van der Waals surface area contributed by atoms with Gasteiger partial charge in [-0.25, -0.2) is 29.9 Å². The maximum Gasteiger partial charge on any atom is 0.179 e. The molecule has 0 N–H and O–H groups in total. The maximum atomic E-state index is 9.41. The lowest BCUT2D eigenvalue weighted by molar-refractivity contribution is 1.07. The highest BCUT2D eigenvalue weighted by molar-refractivity contribution is 7.19. The van der Waals surface area contributed by atoms with Crippen LogP contribution in [-0.2, 0) is 0 Å². The summed E-state index contributed by atoms with van der Waals surface area (Å²) in [4.78, 5) is 29.3. The molecule has 0 saturated carbocycles. The summed E-state index contributed by atoms with van der Waals surface area (Å²) < 4.78 is 4.65. The number of benzene rings is 14. The van der Waals surface area contributed by atoms with Gasteiger partial charge in [0.2, 0.25) is 0 Å². The van der Waals surface area contributed by atoms with Crippen molar-refractivity contribution >= 4 is 72.4 Å². The maximum absolute atomic E-state index is 9.41. The lowest BCUT2D eigenvalue weighted by Gasteiger charge is -2.34. The van der Waals surface area contributed by atoms with Gasteiger partial charge in [-0.05, 0) is 123 Å². The molecule has 101 heavy (non-hydrogen) atoms. The van der Waals surface area contributed by atoms with Gasteiger partial charge < -0.3 is 9.13 Å². The van der Waals surface area contributed by atoms with Gasteiger partial charge in [-0.15, -0.1) is 0 Å². The molecule has 0 aliphatic heterocycles. The molecule has 9 nitrogen and oxygen atoms in total. The van der Waals surface area contributed by atoms with Gasteiger partial charge in [0, 0.05) is 66.3 Å². The second-order valence-electron chi connectivity index (χ2n) is 24.9. The van der Waals surface area contributed by atoms with Crippen molar-refractivity contribution in [2.45, 2.75) is 0 Å².